The SMILES string of the molecule is CC(=O)COC(=O)COc1ccc(N(C)S(=O)(=O)c2ccc(NC(C)=O)cc2)cc1. The van der Waals surface area contributed by atoms with Gasteiger partial charge in [-0.3, -0.25) is 13.9 Å². The molecule has 1 amide bonds. The Kier molecular flexibility index (Phi) is 7.54. The second-order valence-corrected chi connectivity index (χ2v) is 8.29. The van der Waals surface area contributed by atoms with Crippen LogP contribution < -0.4 is 14.4 Å². The number of hydrogen-bond acceptors (Lipinski definition) is 7. The van der Waals surface area contributed by atoms with Crippen LogP contribution in [0, 0.1) is 0 Å². The minimum Gasteiger partial charge on any atom is -0.482 e. The van der Waals surface area contributed by atoms with Crippen LogP contribution in [0.5, 0.6) is 5.75 Å². The molecule has 160 valence electrons. The van der Waals surface area contributed by atoms with E-state index in [1.165, 1.54) is 69.4 Å². The van der Waals surface area contributed by atoms with Crippen molar-refractivity contribution in [2.45, 2.75) is 18.7 Å². The topological polar surface area (TPSA) is 119 Å². The van der Waals surface area contributed by atoms with Gasteiger partial charge in [0.15, 0.2) is 12.4 Å². The van der Waals surface area contributed by atoms with E-state index in [0.717, 1.165) is 4.31 Å². The first kappa shape index (κ1) is 22.9. The molecule has 0 heterocycles. The Morgan fingerprint density at radius 3 is 2.07 bits per heavy atom. The third-order valence-electron chi connectivity index (χ3n) is 3.83. The third kappa shape index (κ3) is 6.31. The Morgan fingerprint density at radius 2 is 1.53 bits per heavy atom. The standard InChI is InChI=1S/C20H22N2O7S/c1-14(23)12-29-20(25)13-28-18-8-6-17(7-9-18)22(3)30(26,27)19-10-4-16(5-11-19)21-15(2)24/h4-11H,12-13H2,1-3H3,(H,21,24). The Hall–Kier alpha value is -3.40. The van der Waals surface area contributed by atoms with Gasteiger partial charge in [-0.1, -0.05) is 0 Å². The number of rotatable bonds is 9. The van der Waals surface area contributed by atoms with Gasteiger partial charge < -0.3 is 14.8 Å². The van der Waals surface area contributed by atoms with E-state index < -0.39 is 16.0 Å². The molecule has 1 N–H and O–H groups in total. The first-order valence-corrected chi connectivity index (χ1v) is 10.3. The molecule has 0 saturated carbocycles. The summed E-state index contributed by atoms with van der Waals surface area (Å²) >= 11 is 0. The van der Waals surface area contributed by atoms with Crippen LogP contribution in [0.1, 0.15) is 13.8 Å². The quantitative estimate of drug-likeness (QED) is 0.599. The van der Waals surface area contributed by atoms with Gasteiger partial charge in [-0.2, -0.15) is 0 Å². The van der Waals surface area contributed by atoms with E-state index in [1.54, 1.807) is 0 Å². The van der Waals surface area contributed by atoms with Gasteiger partial charge in [0.25, 0.3) is 10.0 Å². The molecule has 0 saturated heterocycles. The van der Waals surface area contributed by atoms with E-state index in [0.29, 0.717) is 17.1 Å². The van der Waals surface area contributed by atoms with E-state index in [2.05, 4.69) is 10.1 Å². The molecular formula is C20H22N2O7S. The number of anilines is 2. The molecule has 10 heteroatoms. The van der Waals surface area contributed by atoms with Crippen molar-refractivity contribution in [2.24, 2.45) is 0 Å². The first-order valence-electron chi connectivity index (χ1n) is 8.84. The van der Waals surface area contributed by atoms with Crippen LogP contribution in [0.25, 0.3) is 0 Å². The summed E-state index contributed by atoms with van der Waals surface area (Å²) in [6, 6.07) is 11.9. The maximum absolute atomic E-state index is 12.8. The van der Waals surface area contributed by atoms with Crippen molar-refractivity contribution in [1.29, 1.82) is 0 Å². The Bertz CT molecular complexity index is 1020. The molecule has 0 aromatic heterocycles. The molecule has 0 bridgehead atoms. The average Bonchev–Trinajstić information content (AvgIpc) is 2.70. The Labute approximate surface area is 174 Å². The number of benzene rings is 2. The predicted octanol–water partition coefficient (Wildman–Crippen LogP) is 1.98. The van der Waals surface area contributed by atoms with Crippen LogP contribution in [-0.2, 0) is 29.1 Å². The lowest BCUT2D eigenvalue weighted by atomic mass is 10.3. The van der Waals surface area contributed by atoms with Crippen molar-refractivity contribution < 1.29 is 32.3 Å². The largest absolute Gasteiger partial charge is 0.482 e. The summed E-state index contributed by atoms with van der Waals surface area (Å²) in [5.74, 6) is -0.875. The van der Waals surface area contributed by atoms with E-state index in [-0.39, 0.29) is 29.8 Å². The molecule has 30 heavy (non-hydrogen) atoms. The predicted molar refractivity (Wildman–Crippen MR) is 110 cm³/mol. The highest BCUT2D eigenvalue weighted by Crippen LogP contribution is 2.25. The number of sulfonamides is 1. The minimum absolute atomic E-state index is 0.0626. The normalized spacial score (nSPS) is 10.8. The van der Waals surface area contributed by atoms with Gasteiger partial charge in [0.2, 0.25) is 5.91 Å². The lowest BCUT2D eigenvalue weighted by molar-refractivity contribution is -0.149. The van der Waals surface area contributed by atoms with Gasteiger partial charge in [0, 0.05) is 19.7 Å². The van der Waals surface area contributed by atoms with Crippen molar-refractivity contribution in [2.75, 3.05) is 29.9 Å². The number of nitrogens with one attached hydrogen (secondary N) is 1. The molecule has 0 aliphatic heterocycles. The van der Waals surface area contributed by atoms with Gasteiger partial charge in [0.1, 0.15) is 12.4 Å². The van der Waals surface area contributed by atoms with E-state index in [1.807, 2.05) is 0 Å². The van der Waals surface area contributed by atoms with Gasteiger partial charge >= 0.3 is 5.97 Å². The first-order chi connectivity index (χ1) is 14.1. The highest BCUT2D eigenvalue weighted by Gasteiger charge is 2.21. The fourth-order valence-corrected chi connectivity index (χ4v) is 3.52. The summed E-state index contributed by atoms with van der Waals surface area (Å²) in [6.07, 6.45) is 0. The van der Waals surface area contributed by atoms with Crippen LogP contribution in [0.4, 0.5) is 11.4 Å². The second-order valence-electron chi connectivity index (χ2n) is 6.32. The summed E-state index contributed by atoms with van der Waals surface area (Å²) in [4.78, 5) is 33.4. The molecule has 0 unspecified atom stereocenters. The monoisotopic (exact) mass is 434 g/mol. The van der Waals surface area contributed by atoms with Crippen molar-refractivity contribution >= 4 is 39.1 Å². The van der Waals surface area contributed by atoms with Crippen molar-refractivity contribution in [1.82, 2.24) is 0 Å². The van der Waals surface area contributed by atoms with Crippen LogP contribution >= 0.6 is 0 Å². The van der Waals surface area contributed by atoms with Crippen LogP contribution in [0.15, 0.2) is 53.4 Å². The molecule has 2 aromatic rings. The Balaban J connectivity index is 2.03. The molecular weight excluding hydrogens is 412 g/mol. The Morgan fingerprint density at radius 1 is 0.933 bits per heavy atom. The average molecular weight is 434 g/mol. The number of ketones is 1. The number of amides is 1. The molecule has 0 aliphatic rings. The van der Waals surface area contributed by atoms with Crippen molar-refractivity contribution in [3.05, 3.63) is 48.5 Å². The minimum atomic E-state index is -3.82. The second kappa shape index (κ2) is 9.88. The number of ether oxygens (including phenoxy) is 2. The maximum Gasteiger partial charge on any atom is 0.344 e. The molecule has 0 atom stereocenters. The number of carbonyl (C=O) groups excluding carboxylic acids is 3. The summed E-state index contributed by atoms with van der Waals surface area (Å²) in [6.45, 7) is 1.98. The molecule has 2 rings (SSSR count). The van der Waals surface area contributed by atoms with Crippen LogP contribution in [0.3, 0.4) is 0 Å². The highest BCUT2D eigenvalue weighted by atomic mass is 32.2. The summed E-state index contributed by atoms with van der Waals surface area (Å²) < 4.78 is 36.7. The van der Waals surface area contributed by atoms with E-state index in [4.69, 9.17) is 4.74 Å². The van der Waals surface area contributed by atoms with E-state index in [9.17, 15) is 22.8 Å². The zero-order chi connectivity index (χ0) is 22.3. The summed E-state index contributed by atoms with van der Waals surface area (Å²) in [5, 5.41) is 2.57. The summed E-state index contributed by atoms with van der Waals surface area (Å²) in [7, 11) is -2.41. The van der Waals surface area contributed by atoms with Gasteiger partial charge in [-0.25, -0.2) is 13.2 Å². The maximum atomic E-state index is 12.8. The molecule has 2 aromatic carbocycles. The molecule has 0 aliphatic carbocycles. The number of carbonyl (C=O) groups is 3. The van der Waals surface area contributed by atoms with Crippen LogP contribution in [-0.4, -0.2) is 46.3 Å². The van der Waals surface area contributed by atoms with Crippen molar-refractivity contribution in [3.8, 4) is 5.75 Å². The number of nitrogens with zero attached hydrogens (tertiary/aromatic N) is 1. The van der Waals surface area contributed by atoms with Crippen LogP contribution in [0.2, 0.25) is 0 Å². The molecule has 0 radical (unpaired) electrons. The zero-order valence-corrected chi connectivity index (χ0v) is 17.6. The number of hydrogen-bond donors (Lipinski definition) is 1. The van der Waals surface area contributed by atoms with Gasteiger partial charge in [0.05, 0.1) is 10.6 Å². The van der Waals surface area contributed by atoms with Gasteiger partial charge in [-0.05, 0) is 55.5 Å². The molecule has 9 nitrogen and oxygen atoms in total. The van der Waals surface area contributed by atoms with Crippen molar-refractivity contribution in [3.63, 3.8) is 0 Å². The lowest BCUT2D eigenvalue weighted by Gasteiger charge is -2.20. The molecule has 0 spiro atoms. The fraction of sp³-hybridized carbons (Fsp3) is 0.250. The fourth-order valence-electron chi connectivity index (χ4n) is 2.33. The smallest absolute Gasteiger partial charge is 0.344 e. The van der Waals surface area contributed by atoms with E-state index >= 15 is 0 Å². The third-order valence-corrected chi connectivity index (χ3v) is 5.63. The summed E-state index contributed by atoms with van der Waals surface area (Å²) in [5.41, 5.74) is 0.875. The zero-order valence-electron chi connectivity index (χ0n) is 16.7. The number of esters is 1. The highest BCUT2D eigenvalue weighted by molar-refractivity contribution is 7.92. The van der Waals surface area contributed by atoms with Gasteiger partial charge in [-0.15, -0.1) is 0 Å². The lowest BCUT2D eigenvalue weighted by Crippen LogP contribution is -2.26. The molecule has 0 fully saturated rings. The number of Topliss-reactive ketones (excluding diaryl/α,β-unsaturated/α-hetero) is 1.